The SMILES string of the molecule is CNc1ccc(C(=O)O)cc1N(C)NN1c2ccc(C(=O)O)cc2NC1C. The molecule has 9 nitrogen and oxygen atoms in total. The van der Waals surface area contributed by atoms with Crippen LogP contribution in [0.3, 0.4) is 0 Å². The van der Waals surface area contributed by atoms with Crippen LogP contribution in [0.2, 0.25) is 0 Å². The van der Waals surface area contributed by atoms with Gasteiger partial charge in [0.15, 0.2) is 0 Å². The number of carbonyl (C=O) groups is 2. The lowest BCUT2D eigenvalue weighted by Crippen LogP contribution is -2.52. The van der Waals surface area contributed by atoms with Gasteiger partial charge in [0.2, 0.25) is 0 Å². The van der Waals surface area contributed by atoms with Crippen LogP contribution in [0, 0.1) is 0 Å². The van der Waals surface area contributed by atoms with Crippen LogP contribution >= 0.6 is 0 Å². The first-order valence-electron chi connectivity index (χ1n) is 8.30. The Morgan fingerprint density at radius 1 is 1.11 bits per heavy atom. The van der Waals surface area contributed by atoms with Crippen LogP contribution in [-0.4, -0.2) is 42.4 Å². The van der Waals surface area contributed by atoms with E-state index in [2.05, 4.69) is 16.2 Å². The third-order valence-electron chi connectivity index (χ3n) is 4.39. The fraction of sp³-hybridized carbons (Fsp3) is 0.222. The maximum Gasteiger partial charge on any atom is 0.335 e. The van der Waals surface area contributed by atoms with Crippen molar-refractivity contribution in [3.05, 3.63) is 47.5 Å². The van der Waals surface area contributed by atoms with Crippen molar-refractivity contribution in [3.63, 3.8) is 0 Å². The number of nitrogens with zero attached hydrogens (tertiary/aromatic N) is 2. The summed E-state index contributed by atoms with van der Waals surface area (Å²) in [5.41, 5.74) is 6.51. The van der Waals surface area contributed by atoms with Crippen LogP contribution in [0.1, 0.15) is 27.6 Å². The summed E-state index contributed by atoms with van der Waals surface area (Å²) in [5, 5.41) is 28.2. The molecule has 1 heterocycles. The molecule has 0 spiro atoms. The standard InChI is InChI=1S/C18H21N5O4/c1-10-20-14-8-11(17(24)25)5-7-15(14)23(10)21-22(3)16-9-12(18(26)27)4-6-13(16)19-2/h4-10,19-21H,1-3H3,(H,24,25)(H,26,27). The molecule has 9 heteroatoms. The van der Waals surface area contributed by atoms with Gasteiger partial charge in [0.25, 0.3) is 0 Å². The molecule has 0 amide bonds. The molecule has 2 aromatic carbocycles. The number of anilines is 4. The van der Waals surface area contributed by atoms with Gasteiger partial charge in [-0.3, -0.25) is 10.0 Å². The van der Waals surface area contributed by atoms with Crippen LogP contribution in [0.5, 0.6) is 0 Å². The summed E-state index contributed by atoms with van der Waals surface area (Å²) in [5.74, 6) is -1.99. The zero-order chi connectivity index (χ0) is 19.7. The third kappa shape index (κ3) is 3.44. The van der Waals surface area contributed by atoms with E-state index < -0.39 is 11.9 Å². The minimum Gasteiger partial charge on any atom is -0.478 e. The highest BCUT2D eigenvalue weighted by molar-refractivity contribution is 5.92. The molecule has 1 aliphatic rings. The number of nitrogens with one attached hydrogen (secondary N) is 3. The van der Waals surface area contributed by atoms with Crippen molar-refractivity contribution in [2.75, 3.05) is 34.7 Å². The number of fused-ring (bicyclic) bond motifs is 1. The average molecular weight is 371 g/mol. The number of hydrazine groups is 2. The van der Waals surface area contributed by atoms with Gasteiger partial charge in [0, 0.05) is 14.1 Å². The van der Waals surface area contributed by atoms with Gasteiger partial charge in [-0.05, 0) is 43.3 Å². The molecular formula is C18H21N5O4. The van der Waals surface area contributed by atoms with Gasteiger partial charge in [-0.25, -0.2) is 9.59 Å². The number of benzene rings is 2. The summed E-state index contributed by atoms with van der Waals surface area (Å²) in [6.45, 7) is 1.92. The van der Waals surface area contributed by atoms with E-state index in [1.54, 1.807) is 49.4 Å². The lowest BCUT2D eigenvalue weighted by Gasteiger charge is -2.32. The Bertz CT molecular complexity index is 901. The molecule has 0 aromatic heterocycles. The van der Waals surface area contributed by atoms with Crippen molar-refractivity contribution >= 4 is 34.7 Å². The van der Waals surface area contributed by atoms with Gasteiger partial charge in [-0.15, -0.1) is 5.53 Å². The summed E-state index contributed by atoms with van der Waals surface area (Å²) < 4.78 is 0. The zero-order valence-corrected chi connectivity index (χ0v) is 15.1. The van der Waals surface area contributed by atoms with Crippen molar-refractivity contribution in [1.29, 1.82) is 0 Å². The number of carboxylic acid groups (broad SMARTS) is 2. The van der Waals surface area contributed by atoms with E-state index in [1.165, 1.54) is 6.07 Å². The van der Waals surface area contributed by atoms with Crippen LogP contribution in [0.25, 0.3) is 0 Å². The molecule has 1 atom stereocenters. The zero-order valence-electron chi connectivity index (χ0n) is 15.1. The molecule has 142 valence electrons. The van der Waals surface area contributed by atoms with Crippen molar-refractivity contribution in [3.8, 4) is 0 Å². The second-order valence-corrected chi connectivity index (χ2v) is 6.17. The number of aromatic carboxylic acids is 2. The summed E-state index contributed by atoms with van der Waals surface area (Å²) in [7, 11) is 3.54. The van der Waals surface area contributed by atoms with Crippen molar-refractivity contribution in [1.82, 2.24) is 5.53 Å². The van der Waals surface area contributed by atoms with E-state index >= 15 is 0 Å². The van der Waals surface area contributed by atoms with Crippen molar-refractivity contribution in [2.45, 2.75) is 13.1 Å². The molecule has 0 bridgehead atoms. The Morgan fingerprint density at radius 3 is 2.37 bits per heavy atom. The maximum absolute atomic E-state index is 11.3. The number of hydrogen-bond donors (Lipinski definition) is 5. The van der Waals surface area contributed by atoms with E-state index in [9.17, 15) is 14.7 Å². The smallest absolute Gasteiger partial charge is 0.335 e. The molecule has 0 aliphatic carbocycles. The molecule has 1 aliphatic heterocycles. The third-order valence-corrected chi connectivity index (χ3v) is 4.39. The quantitative estimate of drug-likeness (QED) is 0.487. The maximum atomic E-state index is 11.3. The molecule has 0 fully saturated rings. The first-order valence-corrected chi connectivity index (χ1v) is 8.30. The number of hydrogen-bond acceptors (Lipinski definition) is 7. The lowest BCUT2D eigenvalue weighted by molar-refractivity contribution is 0.0686. The Morgan fingerprint density at radius 2 is 1.74 bits per heavy atom. The molecule has 27 heavy (non-hydrogen) atoms. The topological polar surface area (TPSA) is 117 Å². The largest absolute Gasteiger partial charge is 0.478 e. The Balaban J connectivity index is 1.89. The second kappa shape index (κ2) is 7.04. The average Bonchev–Trinajstić information content (AvgIpc) is 2.95. The molecule has 3 rings (SSSR count). The van der Waals surface area contributed by atoms with Crippen LogP contribution in [0.4, 0.5) is 22.7 Å². The van der Waals surface area contributed by atoms with E-state index in [-0.39, 0.29) is 17.3 Å². The molecule has 0 saturated carbocycles. The second-order valence-electron chi connectivity index (χ2n) is 6.17. The van der Waals surface area contributed by atoms with Gasteiger partial charge in [-0.2, -0.15) is 0 Å². The summed E-state index contributed by atoms with van der Waals surface area (Å²) in [6.07, 6.45) is -0.146. The first-order chi connectivity index (χ1) is 12.8. The van der Waals surface area contributed by atoms with Gasteiger partial charge in [0.1, 0.15) is 6.17 Å². The number of rotatable bonds is 6. The minimum absolute atomic E-state index is 0.146. The van der Waals surface area contributed by atoms with E-state index in [1.807, 2.05) is 11.9 Å². The van der Waals surface area contributed by atoms with Crippen molar-refractivity contribution in [2.24, 2.45) is 0 Å². The predicted octanol–water partition coefficient (Wildman–Crippen LogP) is 2.26. The van der Waals surface area contributed by atoms with E-state index in [0.29, 0.717) is 11.4 Å². The van der Waals surface area contributed by atoms with Crippen LogP contribution in [0.15, 0.2) is 36.4 Å². The van der Waals surface area contributed by atoms with Gasteiger partial charge >= 0.3 is 11.9 Å². The van der Waals surface area contributed by atoms with E-state index in [4.69, 9.17) is 5.11 Å². The normalized spacial score (nSPS) is 15.1. The van der Waals surface area contributed by atoms with Gasteiger partial charge < -0.3 is 20.8 Å². The number of carboxylic acids is 2. The summed E-state index contributed by atoms with van der Waals surface area (Å²) in [6, 6.07) is 9.66. The first kappa shape index (κ1) is 18.3. The highest BCUT2D eigenvalue weighted by Crippen LogP contribution is 2.35. The van der Waals surface area contributed by atoms with E-state index in [0.717, 1.165) is 11.4 Å². The molecule has 1 unspecified atom stereocenters. The Kier molecular flexibility index (Phi) is 4.78. The Hall–Kier alpha value is -3.46. The van der Waals surface area contributed by atoms with Crippen LogP contribution in [-0.2, 0) is 0 Å². The fourth-order valence-electron chi connectivity index (χ4n) is 3.00. The van der Waals surface area contributed by atoms with Gasteiger partial charge in [-0.1, -0.05) is 0 Å². The minimum atomic E-state index is -1.00. The lowest BCUT2D eigenvalue weighted by atomic mass is 10.1. The highest BCUT2D eigenvalue weighted by Gasteiger charge is 2.27. The monoisotopic (exact) mass is 371 g/mol. The molecule has 0 saturated heterocycles. The molecular weight excluding hydrogens is 350 g/mol. The molecule has 0 radical (unpaired) electrons. The summed E-state index contributed by atoms with van der Waals surface area (Å²) >= 11 is 0. The Labute approximate surface area is 156 Å². The van der Waals surface area contributed by atoms with Gasteiger partial charge in [0.05, 0.1) is 33.9 Å². The molecule has 2 aromatic rings. The molecule has 5 N–H and O–H groups in total. The highest BCUT2D eigenvalue weighted by atomic mass is 16.4. The van der Waals surface area contributed by atoms with Crippen molar-refractivity contribution < 1.29 is 19.8 Å². The summed E-state index contributed by atoms with van der Waals surface area (Å²) in [4.78, 5) is 22.5. The predicted molar refractivity (Wildman–Crippen MR) is 103 cm³/mol. The van der Waals surface area contributed by atoms with Crippen LogP contribution < -0.4 is 26.2 Å². The fourth-order valence-corrected chi connectivity index (χ4v) is 3.00.